The van der Waals surface area contributed by atoms with Crippen molar-refractivity contribution in [1.82, 2.24) is 0 Å². The molecule has 0 saturated carbocycles. The lowest BCUT2D eigenvalue weighted by Crippen LogP contribution is -1.91. The van der Waals surface area contributed by atoms with E-state index in [1.54, 1.807) is 0 Å². The van der Waals surface area contributed by atoms with Crippen molar-refractivity contribution in [3.63, 3.8) is 0 Å². The van der Waals surface area contributed by atoms with Gasteiger partial charge in [0.05, 0.1) is 38.3 Å². The zero-order valence-corrected chi connectivity index (χ0v) is 20.8. The Kier molecular flexibility index (Phi) is 2.08. The molecule has 9 aromatic rings. The maximum Gasteiger partial charge on any atom is 0.147 e. The molecule has 0 spiro atoms. The molecule has 0 aliphatic heterocycles. The highest BCUT2D eigenvalue weighted by Crippen LogP contribution is 2.49. The first-order valence-electron chi connectivity index (χ1n) is 24.3. The fourth-order valence-corrected chi connectivity index (χ4v) is 5.17. The SMILES string of the molecule is [2H]c1c([2H])c([2H])c(-c2oc3c([2H])c(-c4c5c([2H])c([2H])c([2H])c([2H])c5c(-c5c([2H])c([2H])c([2H])c([2H])c5[2H])c5c([2H])c([2H])c([2H])c([2H])c45)c4c(oc5c([2H])c([2H])c([2H])c([2H])c54)c3c2[2H])c([2H])c1[2H]. The first-order chi connectivity index (χ1) is 30.8. The standard InChI is InChI=1S/C40H24O2/c1-3-13-25(14-4-1)35-23-32-36(41-35)24-33(39-31-21-11-12-22-34(31)42-40(32)39)38-29-19-9-7-17-27(29)37(26-15-5-2-6-16-26)28-18-8-10-20-30(28)38/h1-24H/i1D,2D,3D,4D,5D,6D,7D,8D,9D,10D,11D,12D,13D,14D,15D,16D,17D,18D,19D,20D,21D,22D,23D,24D. The number of hydrogen-bond acceptors (Lipinski definition) is 2. The molecule has 0 radical (unpaired) electrons. The minimum atomic E-state index is -0.946. The van der Waals surface area contributed by atoms with Crippen LogP contribution in [0.5, 0.6) is 0 Å². The fourth-order valence-electron chi connectivity index (χ4n) is 5.17. The van der Waals surface area contributed by atoms with E-state index in [1.165, 1.54) is 0 Å². The minimum absolute atomic E-state index is 0.471. The van der Waals surface area contributed by atoms with Crippen LogP contribution in [0.1, 0.15) is 32.9 Å². The van der Waals surface area contributed by atoms with Crippen LogP contribution >= 0.6 is 0 Å². The Labute approximate surface area is 275 Å². The van der Waals surface area contributed by atoms with Gasteiger partial charge in [0.15, 0.2) is 0 Å². The van der Waals surface area contributed by atoms with Gasteiger partial charge in [-0.15, -0.1) is 0 Å². The highest BCUT2D eigenvalue weighted by Gasteiger charge is 2.23. The Balaban J connectivity index is 1.68. The summed E-state index contributed by atoms with van der Waals surface area (Å²) < 4.78 is 224. The molecule has 0 unspecified atom stereocenters. The maximum atomic E-state index is 9.93. The normalized spacial score (nSPS) is 19.8. The topological polar surface area (TPSA) is 26.3 Å². The van der Waals surface area contributed by atoms with Gasteiger partial charge in [-0.25, -0.2) is 0 Å². The zero-order valence-electron chi connectivity index (χ0n) is 44.8. The van der Waals surface area contributed by atoms with Crippen molar-refractivity contribution in [2.75, 3.05) is 0 Å². The lowest BCUT2D eigenvalue weighted by Gasteiger charge is -2.18. The van der Waals surface area contributed by atoms with Gasteiger partial charge in [0, 0.05) is 16.3 Å². The van der Waals surface area contributed by atoms with E-state index in [-0.39, 0.29) is 0 Å². The first-order valence-corrected chi connectivity index (χ1v) is 12.3. The third-order valence-corrected chi connectivity index (χ3v) is 6.82. The molecule has 2 heterocycles. The molecule has 0 bridgehead atoms. The van der Waals surface area contributed by atoms with Crippen molar-refractivity contribution >= 4 is 54.5 Å². The van der Waals surface area contributed by atoms with Crippen LogP contribution < -0.4 is 0 Å². The largest absolute Gasteiger partial charge is 0.456 e. The number of furan rings is 2. The third kappa shape index (κ3) is 3.33. The molecule has 2 heteroatoms. The van der Waals surface area contributed by atoms with E-state index < -0.39 is 233 Å². The van der Waals surface area contributed by atoms with Gasteiger partial charge in [-0.2, -0.15) is 0 Å². The number of hydrogen-bond donors (Lipinski definition) is 0. The minimum Gasteiger partial charge on any atom is -0.456 e. The molecular formula is C40H24O2. The highest BCUT2D eigenvalue weighted by atomic mass is 16.3. The van der Waals surface area contributed by atoms with Crippen LogP contribution in [-0.4, -0.2) is 0 Å². The van der Waals surface area contributed by atoms with E-state index in [2.05, 4.69) is 0 Å². The van der Waals surface area contributed by atoms with Crippen molar-refractivity contribution < 1.29 is 41.7 Å². The molecule has 0 amide bonds. The van der Waals surface area contributed by atoms with Crippen LogP contribution in [0.2, 0.25) is 0 Å². The predicted octanol–water partition coefficient (Wildman–Crippen LogP) is 11.6. The molecule has 7 aromatic carbocycles. The molecule has 196 valence electrons. The van der Waals surface area contributed by atoms with E-state index in [0.717, 1.165) is 0 Å². The van der Waals surface area contributed by atoms with Crippen molar-refractivity contribution in [1.29, 1.82) is 0 Å². The van der Waals surface area contributed by atoms with E-state index in [9.17, 15) is 8.22 Å². The molecule has 0 aliphatic rings. The summed E-state index contributed by atoms with van der Waals surface area (Å²) in [6.45, 7) is 0. The molecule has 0 saturated heterocycles. The van der Waals surface area contributed by atoms with Gasteiger partial charge in [-0.3, -0.25) is 0 Å². The zero-order chi connectivity index (χ0) is 48.5. The Hall–Kier alpha value is -5.60. The maximum absolute atomic E-state index is 9.93. The molecular weight excluding hydrogens is 512 g/mol. The Bertz CT molecular complexity index is 3670. The van der Waals surface area contributed by atoms with Gasteiger partial charge < -0.3 is 8.83 Å². The molecule has 42 heavy (non-hydrogen) atoms. The van der Waals surface area contributed by atoms with Crippen LogP contribution in [-0.2, 0) is 0 Å². The van der Waals surface area contributed by atoms with Gasteiger partial charge in [-0.05, 0) is 61.9 Å². The molecule has 2 aromatic heterocycles. The van der Waals surface area contributed by atoms with Crippen molar-refractivity contribution in [2.45, 2.75) is 0 Å². The van der Waals surface area contributed by atoms with Crippen molar-refractivity contribution in [3.8, 4) is 33.6 Å². The summed E-state index contributed by atoms with van der Waals surface area (Å²) >= 11 is 0. The number of para-hydroxylation sites is 1. The quantitative estimate of drug-likeness (QED) is 0.201. The molecule has 2 nitrogen and oxygen atoms in total. The van der Waals surface area contributed by atoms with E-state index in [4.69, 9.17) is 33.5 Å². The second kappa shape index (κ2) is 8.95. The van der Waals surface area contributed by atoms with E-state index >= 15 is 0 Å². The Morgan fingerprint density at radius 1 is 0.405 bits per heavy atom. The van der Waals surface area contributed by atoms with Gasteiger partial charge in [-0.1, -0.05) is 127 Å². The van der Waals surface area contributed by atoms with Crippen LogP contribution in [0.15, 0.2) is 154 Å². The van der Waals surface area contributed by atoms with E-state index in [1.807, 2.05) is 0 Å². The smallest absolute Gasteiger partial charge is 0.147 e. The Morgan fingerprint density at radius 2 is 0.929 bits per heavy atom. The molecule has 9 rings (SSSR count). The second-order valence-electron chi connectivity index (χ2n) is 9.02. The third-order valence-electron chi connectivity index (χ3n) is 6.82. The first kappa shape index (κ1) is 9.75. The molecule has 0 N–H and O–H groups in total. The molecule has 0 fully saturated rings. The van der Waals surface area contributed by atoms with Gasteiger partial charge >= 0.3 is 0 Å². The lowest BCUT2D eigenvalue weighted by atomic mass is 9.84. The summed E-state index contributed by atoms with van der Waals surface area (Å²) in [5.74, 6) is -0.705. The summed E-state index contributed by atoms with van der Waals surface area (Å²) in [6.07, 6.45) is 0. The van der Waals surface area contributed by atoms with Crippen LogP contribution in [0.25, 0.3) is 88.0 Å². The van der Waals surface area contributed by atoms with Crippen molar-refractivity contribution in [3.05, 3.63) is 145 Å². The summed E-state index contributed by atoms with van der Waals surface area (Å²) in [7, 11) is 0. The Morgan fingerprint density at radius 3 is 1.57 bits per heavy atom. The second-order valence-corrected chi connectivity index (χ2v) is 9.02. The van der Waals surface area contributed by atoms with Crippen LogP contribution in [0.4, 0.5) is 0 Å². The summed E-state index contributed by atoms with van der Waals surface area (Å²) in [4.78, 5) is 0. The van der Waals surface area contributed by atoms with Gasteiger partial charge in [0.25, 0.3) is 0 Å². The van der Waals surface area contributed by atoms with Crippen molar-refractivity contribution in [2.24, 2.45) is 0 Å². The summed E-state index contributed by atoms with van der Waals surface area (Å²) in [5.41, 5.74) is -5.06. The van der Waals surface area contributed by atoms with Gasteiger partial charge in [0.1, 0.15) is 22.5 Å². The van der Waals surface area contributed by atoms with Crippen LogP contribution in [0.3, 0.4) is 0 Å². The molecule has 0 atom stereocenters. The number of benzene rings is 7. The highest BCUT2D eigenvalue weighted by molar-refractivity contribution is 6.28. The number of fused-ring (bicyclic) bond motifs is 7. The summed E-state index contributed by atoms with van der Waals surface area (Å²) in [6, 6.07) is -20.9. The van der Waals surface area contributed by atoms with E-state index in [0.29, 0.717) is 0 Å². The van der Waals surface area contributed by atoms with Crippen LogP contribution in [0, 0.1) is 0 Å². The monoisotopic (exact) mass is 560 g/mol. The summed E-state index contributed by atoms with van der Waals surface area (Å²) in [5, 5.41) is -4.06. The average Bonchev–Trinajstić information content (AvgIpc) is 3.85. The number of rotatable bonds is 3. The fraction of sp³-hybridized carbons (Fsp3) is 0. The van der Waals surface area contributed by atoms with Gasteiger partial charge in [0.2, 0.25) is 0 Å². The predicted molar refractivity (Wildman–Crippen MR) is 175 cm³/mol. The molecule has 0 aliphatic carbocycles. The lowest BCUT2D eigenvalue weighted by molar-refractivity contribution is 0.631. The average molecular weight is 561 g/mol.